The van der Waals surface area contributed by atoms with Gasteiger partial charge in [0.15, 0.2) is 12.6 Å². The molecule has 1 saturated carbocycles. The molecule has 0 aromatic heterocycles. The van der Waals surface area contributed by atoms with Crippen LogP contribution in [-0.2, 0) is 23.7 Å². The molecule has 3 rings (SSSR count). The van der Waals surface area contributed by atoms with Gasteiger partial charge < -0.3 is 88.1 Å². The minimum atomic E-state index is -1.76. The molecule has 0 aromatic rings. The van der Waals surface area contributed by atoms with Crippen LogP contribution in [0.15, 0.2) is 0 Å². The summed E-state index contributed by atoms with van der Waals surface area (Å²) in [5.41, 5.74) is 23.1. The second-order valence-corrected chi connectivity index (χ2v) is 10.3. The summed E-state index contributed by atoms with van der Waals surface area (Å²) in [5.74, 6) is -0.845. The van der Waals surface area contributed by atoms with Gasteiger partial charge in [0.2, 0.25) is 5.91 Å². The van der Waals surface area contributed by atoms with Crippen molar-refractivity contribution in [1.29, 1.82) is 0 Å². The summed E-state index contributed by atoms with van der Waals surface area (Å²) in [6.45, 7) is -0.898. The summed E-state index contributed by atoms with van der Waals surface area (Å²) in [7, 11) is 0. The van der Waals surface area contributed by atoms with Gasteiger partial charge in [-0.2, -0.15) is 0 Å². The molecular weight excluding hydrogens is 680 g/mol. The van der Waals surface area contributed by atoms with Crippen molar-refractivity contribution in [2.45, 2.75) is 111 Å². The minimum absolute atomic E-state index is 0. The molecule has 16 atom stereocenters. The van der Waals surface area contributed by atoms with Crippen molar-refractivity contribution < 1.29 is 64.6 Å². The van der Waals surface area contributed by atoms with Crippen LogP contribution in [0.1, 0.15) is 12.8 Å². The fraction of sp³-hybridized carbons (Fsp3) is 0.955. The zero-order valence-electron chi connectivity index (χ0n) is 21.7. The topological polar surface area (TPSA) is 332 Å². The Kier molecular flexibility index (Phi) is 15.3. The van der Waals surface area contributed by atoms with Crippen LogP contribution in [0, 0.1) is 0 Å². The monoisotopic (exact) mass is 725 g/mol. The van der Waals surface area contributed by atoms with Gasteiger partial charge in [0.25, 0.3) is 0 Å². The summed E-state index contributed by atoms with van der Waals surface area (Å²) in [5, 5.41) is 84.9. The van der Waals surface area contributed by atoms with Gasteiger partial charge in [0, 0.05) is 12.6 Å². The van der Waals surface area contributed by atoms with Crippen molar-refractivity contribution in [2.24, 2.45) is 22.9 Å². The number of aliphatic hydroxyl groups is 8. The molecule has 0 aromatic carbocycles. The van der Waals surface area contributed by atoms with Crippen LogP contribution < -0.4 is 28.3 Å². The number of aliphatic hydroxyl groups excluding tert-OH is 8. The van der Waals surface area contributed by atoms with E-state index < -0.39 is 110 Å². The Bertz CT molecular complexity index is 822. The van der Waals surface area contributed by atoms with Crippen LogP contribution in [0.5, 0.6) is 0 Å². The van der Waals surface area contributed by atoms with Crippen LogP contribution in [0.3, 0.4) is 0 Å². The van der Waals surface area contributed by atoms with E-state index in [9.17, 15) is 45.6 Å². The van der Waals surface area contributed by atoms with Crippen LogP contribution in [0.4, 0.5) is 0 Å². The van der Waals surface area contributed by atoms with Gasteiger partial charge in [-0.1, -0.05) is 0 Å². The summed E-state index contributed by atoms with van der Waals surface area (Å²) in [4.78, 5) is 12.6. The van der Waals surface area contributed by atoms with Crippen molar-refractivity contribution in [1.82, 2.24) is 5.32 Å². The number of ether oxygens (including phenoxy) is 4. The number of hydrogen-bond acceptors (Lipinski definition) is 17. The molecule has 1 aliphatic carbocycles. The first-order chi connectivity index (χ1) is 18.9. The zero-order valence-corrected chi connectivity index (χ0v) is 21.7. The van der Waals surface area contributed by atoms with E-state index in [2.05, 4.69) is 5.32 Å². The SMILES string of the molecule is NCC[C@H](O)C(=O)N[C@@H]1C[C@H](N)[C@@H](O[C@H]2O[C@H](CN)[C@@H](O)[C@H](O)[C@H]2O)[C@H](O)[C@H]1O[C@H]1O[C@H](CO)[C@@H](O)[C@H](N)[C@H]1O.[BaH2]. The predicted molar refractivity (Wildman–Crippen MR) is 140 cm³/mol. The van der Waals surface area contributed by atoms with Crippen LogP contribution in [0.2, 0.25) is 0 Å². The standard InChI is InChI=1S/C22H43N5O13.Ba.2H/c23-2-1-8(29)20(36)27-7-3-6(25)18(39-22-16(34)15(33)13(31)9(4-24)37-22)17(35)19(7)40-21-14(32)11(26)12(30)10(5-28)38-21;;;/h6-19,21-22,28-35H,1-5,23-26H2,(H,27,36);;;/t6-,7+,8-,9+,10+,11-,12+,13+,14+,15-,16+,17-,18+,19-,21+,22+;;;/m0.../s1. The Morgan fingerprint density at radius 1 is 0.854 bits per heavy atom. The van der Waals surface area contributed by atoms with Gasteiger partial charge in [-0.15, -0.1) is 0 Å². The molecule has 19 heteroatoms. The third-order valence-corrected chi connectivity index (χ3v) is 7.51. The predicted octanol–water partition coefficient (Wildman–Crippen LogP) is -9.34. The third-order valence-electron chi connectivity index (χ3n) is 7.51. The Morgan fingerprint density at radius 3 is 2.02 bits per heavy atom. The van der Waals surface area contributed by atoms with Crippen LogP contribution in [0.25, 0.3) is 0 Å². The van der Waals surface area contributed by atoms with E-state index in [0.717, 1.165) is 0 Å². The normalized spacial score (nSPS) is 45.9. The van der Waals surface area contributed by atoms with E-state index >= 15 is 0 Å². The average molecular weight is 725 g/mol. The molecule has 2 aliphatic heterocycles. The molecule has 41 heavy (non-hydrogen) atoms. The molecule has 0 unspecified atom stereocenters. The summed E-state index contributed by atoms with van der Waals surface area (Å²) in [6.07, 6.45) is -19.8. The Balaban J connectivity index is 0.00000588. The number of rotatable bonds is 10. The van der Waals surface area contributed by atoms with E-state index in [0.29, 0.717) is 0 Å². The fourth-order valence-corrected chi connectivity index (χ4v) is 5.07. The van der Waals surface area contributed by atoms with E-state index in [1.165, 1.54) is 0 Å². The first-order valence-corrected chi connectivity index (χ1v) is 13.1. The third kappa shape index (κ3) is 8.57. The zero-order chi connectivity index (χ0) is 29.9. The molecule has 0 spiro atoms. The van der Waals surface area contributed by atoms with Crippen molar-refractivity contribution in [3.8, 4) is 0 Å². The summed E-state index contributed by atoms with van der Waals surface area (Å²) >= 11 is 0. The van der Waals surface area contributed by atoms with Crippen molar-refractivity contribution in [2.75, 3.05) is 19.7 Å². The Hall–Kier alpha value is 0.401. The Morgan fingerprint density at radius 2 is 1.44 bits per heavy atom. The number of nitrogens with one attached hydrogen (secondary N) is 1. The van der Waals surface area contributed by atoms with Gasteiger partial charge in [-0.3, -0.25) is 4.79 Å². The van der Waals surface area contributed by atoms with Gasteiger partial charge in [-0.25, -0.2) is 0 Å². The maximum atomic E-state index is 12.6. The van der Waals surface area contributed by atoms with E-state index in [-0.39, 0.29) is 74.8 Å². The van der Waals surface area contributed by atoms with E-state index in [4.69, 9.17) is 41.9 Å². The molecule has 3 aliphatic rings. The Labute approximate surface area is 276 Å². The van der Waals surface area contributed by atoms with Gasteiger partial charge in [0.05, 0.1) is 18.7 Å². The molecule has 238 valence electrons. The van der Waals surface area contributed by atoms with Crippen molar-refractivity contribution >= 4 is 54.8 Å². The molecule has 0 radical (unpaired) electrons. The first-order valence-electron chi connectivity index (χ1n) is 13.1. The number of nitrogens with two attached hydrogens (primary N) is 4. The number of carbonyl (C=O) groups is 1. The van der Waals surface area contributed by atoms with Gasteiger partial charge in [0.1, 0.15) is 67.1 Å². The fourth-order valence-electron chi connectivity index (χ4n) is 5.07. The second kappa shape index (κ2) is 16.6. The summed E-state index contributed by atoms with van der Waals surface area (Å²) in [6, 6.07) is -3.45. The van der Waals surface area contributed by atoms with Crippen molar-refractivity contribution in [3.05, 3.63) is 0 Å². The quantitative estimate of drug-likeness (QED) is 0.0930. The average Bonchev–Trinajstić information content (AvgIpc) is 2.92. The molecular formula is C22H45BaN5O13. The number of carbonyl (C=O) groups excluding carboxylic acids is 1. The second-order valence-electron chi connectivity index (χ2n) is 10.3. The molecule has 2 heterocycles. The molecule has 1 amide bonds. The first kappa shape index (κ1) is 37.6. The summed E-state index contributed by atoms with van der Waals surface area (Å²) < 4.78 is 22.5. The van der Waals surface area contributed by atoms with Crippen LogP contribution in [-0.4, -0.2) is 213 Å². The van der Waals surface area contributed by atoms with E-state index in [1.54, 1.807) is 0 Å². The molecule has 2 saturated heterocycles. The number of amides is 1. The molecule has 0 bridgehead atoms. The maximum absolute atomic E-state index is 12.6. The van der Waals surface area contributed by atoms with Gasteiger partial charge in [-0.05, 0) is 19.4 Å². The molecule has 18 nitrogen and oxygen atoms in total. The van der Waals surface area contributed by atoms with Crippen LogP contribution >= 0.6 is 0 Å². The van der Waals surface area contributed by atoms with E-state index in [1.807, 2.05) is 0 Å². The van der Waals surface area contributed by atoms with Crippen molar-refractivity contribution in [3.63, 3.8) is 0 Å². The number of hydrogen-bond donors (Lipinski definition) is 13. The van der Waals surface area contributed by atoms with Gasteiger partial charge >= 0.3 is 48.9 Å². The molecule has 3 fully saturated rings. The molecule has 17 N–H and O–H groups in total.